The lowest BCUT2D eigenvalue weighted by Crippen LogP contribution is -1.92. The fraction of sp³-hybridized carbons (Fsp3) is 0. The van der Waals surface area contributed by atoms with Crippen LogP contribution in [0.3, 0.4) is 0 Å². The normalized spacial score (nSPS) is 11.8. The van der Waals surface area contributed by atoms with Gasteiger partial charge in [0.2, 0.25) is 0 Å². The Hall–Kier alpha value is -9.32. The van der Waals surface area contributed by atoms with Crippen LogP contribution in [0.25, 0.3) is 138 Å². The van der Waals surface area contributed by atoms with E-state index in [0.29, 0.717) is 5.58 Å². The minimum atomic E-state index is 0.645. The lowest BCUT2D eigenvalue weighted by molar-refractivity contribution is 0.667. The summed E-state index contributed by atoms with van der Waals surface area (Å²) in [5, 5.41) is 5.40. The number of hydrogen-bond donors (Lipinski definition) is 0. The maximum Gasteiger partial charge on any atom is 0.180 e. The molecule has 0 atom stereocenters. The number of hydrogen-bond acceptors (Lipinski definition) is 4. The van der Waals surface area contributed by atoms with E-state index in [2.05, 4.69) is 211 Å². The third-order valence-corrected chi connectivity index (χ3v) is 13.7. The lowest BCUT2D eigenvalue weighted by Gasteiger charge is -2.09. The molecule has 69 heavy (non-hydrogen) atoms. The highest BCUT2D eigenvalue weighted by molar-refractivity contribution is 6.17. The molecule has 0 amide bonds. The molecule has 4 aromatic heterocycles. The molecule has 0 saturated heterocycles. The lowest BCUT2D eigenvalue weighted by atomic mass is 9.96. The molecule has 0 radical (unpaired) electrons. The summed E-state index contributed by atoms with van der Waals surface area (Å²) >= 11 is 0. The predicted octanol–water partition coefficient (Wildman–Crippen LogP) is 17.4. The Morgan fingerprint density at radius 1 is 0.319 bits per heavy atom. The van der Waals surface area contributed by atoms with Gasteiger partial charge in [0, 0.05) is 38.2 Å². The van der Waals surface area contributed by atoms with Crippen LogP contribution in [0.1, 0.15) is 0 Å². The van der Waals surface area contributed by atoms with Crippen LogP contribution < -0.4 is 0 Å². The van der Waals surface area contributed by atoms with Crippen LogP contribution in [0.2, 0.25) is 0 Å². The first kappa shape index (κ1) is 38.9. The van der Waals surface area contributed by atoms with Gasteiger partial charge in [-0.3, -0.25) is 0 Å². The molecule has 0 aliphatic carbocycles. The summed E-state index contributed by atoms with van der Waals surface area (Å²) in [5.41, 5.74) is 20.5. The molecule has 14 rings (SSSR count). The van der Waals surface area contributed by atoms with Gasteiger partial charge in [-0.05, 0) is 128 Å². The zero-order valence-corrected chi connectivity index (χ0v) is 37.2. The van der Waals surface area contributed by atoms with Gasteiger partial charge in [-0.1, -0.05) is 158 Å². The highest BCUT2D eigenvalue weighted by atomic mass is 16.3. The zero-order valence-electron chi connectivity index (χ0n) is 37.2. The average Bonchev–Trinajstić information content (AvgIpc) is 4.10. The summed E-state index contributed by atoms with van der Waals surface area (Å²) in [5.74, 6) is 0. The number of fused-ring (bicyclic) bond motifs is 9. The Labute approximate surface area is 396 Å². The molecule has 0 N–H and O–H groups in total. The van der Waals surface area contributed by atoms with Crippen LogP contribution in [0.4, 0.5) is 0 Å². The Balaban J connectivity index is 0.823. The average molecular weight is 882 g/mol. The molecule has 14 aromatic rings. The second kappa shape index (κ2) is 15.7. The SMILES string of the molecule is c1ccc(-c2ccc(-c3cccc(-c4ccc5oc6c(-c7cccc8oc9ccc(-c%10cccc(-c%11ccc%12c(c%11)c%11ccccc%11n%12-c%11ccccc%11)c%10)cc9c78)ncnc6c5c4)c3)cc2)cc1. The molecular weight excluding hydrogens is 843 g/mol. The Kier molecular flexibility index (Phi) is 8.83. The second-order valence-electron chi connectivity index (χ2n) is 17.7. The second-order valence-corrected chi connectivity index (χ2v) is 17.7. The molecule has 4 heterocycles. The molecule has 0 aliphatic heterocycles. The molecule has 10 aromatic carbocycles. The van der Waals surface area contributed by atoms with Crippen molar-refractivity contribution < 1.29 is 8.83 Å². The molecule has 0 unspecified atom stereocenters. The van der Waals surface area contributed by atoms with Gasteiger partial charge in [-0.15, -0.1) is 0 Å². The molecule has 322 valence electrons. The Morgan fingerprint density at radius 2 is 0.826 bits per heavy atom. The third kappa shape index (κ3) is 6.47. The maximum absolute atomic E-state index is 6.67. The van der Waals surface area contributed by atoms with Crippen LogP contribution in [-0.4, -0.2) is 14.5 Å². The summed E-state index contributed by atoms with van der Waals surface area (Å²) in [6, 6.07) is 81.9. The topological polar surface area (TPSA) is 57.0 Å². The first-order chi connectivity index (χ1) is 34.2. The number of nitrogens with zero attached hydrogens (tertiary/aromatic N) is 3. The van der Waals surface area contributed by atoms with Gasteiger partial charge in [0.15, 0.2) is 5.58 Å². The third-order valence-electron chi connectivity index (χ3n) is 13.7. The van der Waals surface area contributed by atoms with E-state index < -0.39 is 0 Å². The van der Waals surface area contributed by atoms with E-state index in [1.54, 1.807) is 6.33 Å². The van der Waals surface area contributed by atoms with Gasteiger partial charge < -0.3 is 13.4 Å². The number of benzene rings is 10. The van der Waals surface area contributed by atoms with E-state index in [9.17, 15) is 0 Å². The molecule has 0 saturated carbocycles. The monoisotopic (exact) mass is 881 g/mol. The predicted molar refractivity (Wildman–Crippen MR) is 284 cm³/mol. The van der Waals surface area contributed by atoms with Crippen molar-refractivity contribution in [3.63, 3.8) is 0 Å². The first-order valence-corrected chi connectivity index (χ1v) is 23.3. The van der Waals surface area contributed by atoms with E-state index in [1.165, 1.54) is 44.1 Å². The van der Waals surface area contributed by atoms with Crippen molar-refractivity contribution in [1.82, 2.24) is 14.5 Å². The smallest absolute Gasteiger partial charge is 0.180 e. The number of para-hydroxylation sites is 2. The molecular formula is C64H39N3O2. The number of rotatable bonds is 7. The molecule has 0 bridgehead atoms. The quantitative estimate of drug-likeness (QED) is 0.160. The zero-order chi connectivity index (χ0) is 45.4. The van der Waals surface area contributed by atoms with Gasteiger partial charge in [-0.25, -0.2) is 9.97 Å². The van der Waals surface area contributed by atoms with Crippen molar-refractivity contribution in [2.24, 2.45) is 0 Å². The van der Waals surface area contributed by atoms with Crippen LogP contribution >= 0.6 is 0 Å². The highest BCUT2D eigenvalue weighted by Crippen LogP contribution is 2.43. The van der Waals surface area contributed by atoms with E-state index in [4.69, 9.17) is 18.8 Å². The van der Waals surface area contributed by atoms with Gasteiger partial charge in [0.25, 0.3) is 0 Å². The van der Waals surface area contributed by atoms with Crippen LogP contribution in [0.5, 0.6) is 0 Å². The van der Waals surface area contributed by atoms with Gasteiger partial charge in [0.1, 0.15) is 34.3 Å². The fourth-order valence-corrected chi connectivity index (χ4v) is 10.4. The van der Waals surface area contributed by atoms with Crippen molar-refractivity contribution >= 4 is 65.8 Å². The minimum Gasteiger partial charge on any atom is -0.456 e. The van der Waals surface area contributed by atoms with Crippen LogP contribution in [-0.2, 0) is 0 Å². The van der Waals surface area contributed by atoms with Gasteiger partial charge in [0.05, 0.1) is 11.0 Å². The van der Waals surface area contributed by atoms with E-state index in [-0.39, 0.29) is 0 Å². The number of furan rings is 2. The fourth-order valence-electron chi connectivity index (χ4n) is 10.4. The van der Waals surface area contributed by atoms with Crippen molar-refractivity contribution in [2.75, 3.05) is 0 Å². The van der Waals surface area contributed by atoms with Crippen molar-refractivity contribution in [2.45, 2.75) is 0 Å². The molecule has 0 spiro atoms. The van der Waals surface area contributed by atoms with Crippen molar-refractivity contribution in [1.29, 1.82) is 0 Å². The minimum absolute atomic E-state index is 0.645. The molecule has 0 aliphatic rings. The molecule has 5 heteroatoms. The number of aromatic nitrogens is 3. The summed E-state index contributed by atoms with van der Waals surface area (Å²) in [6.07, 6.45) is 1.65. The van der Waals surface area contributed by atoms with Gasteiger partial charge >= 0.3 is 0 Å². The molecule has 5 nitrogen and oxygen atoms in total. The summed E-state index contributed by atoms with van der Waals surface area (Å²) in [4.78, 5) is 9.72. The highest BCUT2D eigenvalue weighted by Gasteiger charge is 2.21. The standard InChI is InChI=1S/C64H39N3O2/c1-3-12-40(13-4-1)41-24-26-42(27-25-41)43-14-9-15-44(34-43)49-30-33-59-55(38-49)63-64(69-59)62(65-39-66-63)52-21-11-23-60-61(52)54-37-48(29-32-58(54)68-60)46-17-10-16-45(35-46)47-28-31-57-53(36-47)51-20-7-8-22-56(51)67(57)50-18-5-2-6-19-50/h1-39H. The van der Waals surface area contributed by atoms with Crippen LogP contribution in [0.15, 0.2) is 246 Å². The Bertz CT molecular complexity index is 4300. The largest absolute Gasteiger partial charge is 0.456 e. The summed E-state index contributed by atoms with van der Waals surface area (Å²) in [7, 11) is 0. The maximum atomic E-state index is 6.67. The van der Waals surface area contributed by atoms with E-state index >= 15 is 0 Å². The first-order valence-electron chi connectivity index (χ1n) is 23.3. The molecule has 0 fully saturated rings. The van der Waals surface area contributed by atoms with Crippen molar-refractivity contribution in [3.8, 4) is 72.6 Å². The van der Waals surface area contributed by atoms with E-state index in [1.807, 2.05) is 24.3 Å². The van der Waals surface area contributed by atoms with E-state index in [0.717, 1.165) is 88.7 Å². The summed E-state index contributed by atoms with van der Waals surface area (Å²) < 4.78 is 15.6. The van der Waals surface area contributed by atoms with Crippen molar-refractivity contribution in [3.05, 3.63) is 237 Å². The van der Waals surface area contributed by atoms with Crippen LogP contribution in [0, 0.1) is 0 Å². The summed E-state index contributed by atoms with van der Waals surface area (Å²) in [6.45, 7) is 0. The Morgan fingerprint density at radius 3 is 1.55 bits per heavy atom. The van der Waals surface area contributed by atoms with Gasteiger partial charge in [-0.2, -0.15) is 0 Å².